The highest BCUT2D eigenvalue weighted by molar-refractivity contribution is 5.36. The lowest BCUT2D eigenvalue weighted by Gasteiger charge is -2.37. The molecule has 6 heteroatoms. The molecule has 0 radical (unpaired) electrons. The van der Waals surface area contributed by atoms with Crippen molar-refractivity contribution in [3.05, 3.63) is 36.1 Å². The van der Waals surface area contributed by atoms with Gasteiger partial charge in [-0.05, 0) is 31.7 Å². The van der Waals surface area contributed by atoms with Crippen molar-refractivity contribution >= 4 is 5.82 Å². The molecule has 0 spiro atoms. The molecule has 6 nitrogen and oxygen atoms in total. The number of nitrogens with zero attached hydrogens (tertiary/aromatic N) is 5. The molecule has 0 amide bonds. The van der Waals surface area contributed by atoms with E-state index in [1.54, 1.807) is 12.5 Å². The number of anilines is 1. The Balaban J connectivity index is 1.33. The van der Waals surface area contributed by atoms with Gasteiger partial charge >= 0.3 is 0 Å². The smallest absolute Gasteiger partial charge is 0.144 e. The topological polar surface area (TPSA) is 58.3 Å². The standard InChI is InChI=1S/C17H23N5O/c1-21(16-4-7-18-12-19-16)15-5-8-22(9-6-15)11-14-10-20-23-17(14)13-2-3-13/h4,7,10,12-13,15H,2-3,5-6,8-9,11H2,1H3. The maximum absolute atomic E-state index is 5.45. The maximum atomic E-state index is 5.45. The molecule has 122 valence electrons. The van der Waals surface area contributed by atoms with Crippen LogP contribution in [0.1, 0.15) is 42.9 Å². The molecule has 2 aromatic heterocycles. The summed E-state index contributed by atoms with van der Waals surface area (Å²) in [4.78, 5) is 13.1. The first-order chi connectivity index (χ1) is 11.3. The van der Waals surface area contributed by atoms with Gasteiger partial charge in [-0.3, -0.25) is 4.90 Å². The second-order valence-electron chi connectivity index (χ2n) is 6.68. The van der Waals surface area contributed by atoms with Gasteiger partial charge in [0.1, 0.15) is 17.9 Å². The SMILES string of the molecule is CN(c1ccncn1)C1CCN(Cc2cnoc2C2CC2)CC1. The number of likely N-dealkylation sites (tertiary alicyclic amines) is 1. The minimum absolute atomic E-state index is 0.548. The van der Waals surface area contributed by atoms with Crippen LogP contribution < -0.4 is 4.90 Å². The molecule has 2 aliphatic rings. The van der Waals surface area contributed by atoms with E-state index in [9.17, 15) is 0 Å². The molecular formula is C17H23N5O. The summed E-state index contributed by atoms with van der Waals surface area (Å²) in [6.07, 6.45) is 10.2. The predicted molar refractivity (Wildman–Crippen MR) is 87.2 cm³/mol. The van der Waals surface area contributed by atoms with E-state index in [0.717, 1.165) is 44.1 Å². The molecular weight excluding hydrogens is 290 g/mol. The summed E-state index contributed by atoms with van der Waals surface area (Å²) in [6.45, 7) is 3.18. The fourth-order valence-corrected chi connectivity index (χ4v) is 3.46. The normalized spacial score (nSPS) is 19.9. The van der Waals surface area contributed by atoms with Gasteiger partial charge in [-0.1, -0.05) is 5.16 Å². The van der Waals surface area contributed by atoms with Gasteiger partial charge in [0.2, 0.25) is 0 Å². The van der Waals surface area contributed by atoms with Crippen molar-refractivity contribution in [1.82, 2.24) is 20.0 Å². The number of rotatable bonds is 5. The maximum Gasteiger partial charge on any atom is 0.144 e. The van der Waals surface area contributed by atoms with Crippen LogP contribution in [0.15, 0.2) is 29.3 Å². The summed E-state index contributed by atoms with van der Waals surface area (Å²) in [5.41, 5.74) is 1.29. The molecule has 0 bridgehead atoms. The summed E-state index contributed by atoms with van der Waals surface area (Å²) in [5.74, 6) is 2.77. The van der Waals surface area contributed by atoms with E-state index in [4.69, 9.17) is 4.52 Å². The van der Waals surface area contributed by atoms with Crippen molar-refractivity contribution in [2.75, 3.05) is 25.0 Å². The zero-order chi connectivity index (χ0) is 15.6. The van der Waals surface area contributed by atoms with Crippen molar-refractivity contribution in [2.45, 2.75) is 44.2 Å². The van der Waals surface area contributed by atoms with Crippen molar-refractivity contribution in [2.24, 2.45) is 0 Å². The first-order valence-electron chi connectivity index (χ1n) is 8.46. The molecule has 1 aliphatic heterocycles. The van der Waals surface area contributed by atoms with Gasteiger partial charge in [-0.15, -0.1) is 0 Å². The van der Waals surface area contributed by atoms with Crippen LogP contribution in [0.5, 0.6) is 0 Å². The average molecular weight is 313 g/mol. The molecule has 0 unspecified atom stereocenters. The third kappa shape index (κ3) is 3.22. The lowest BCUT2D eigenvalue weighted by molar-refractivity contribution is 0.202. The van der Waals surface area contributed by atoms with E-state index in [-0.39, 0.29) is 0 Å². The zero-order valence-corrected chi connectivity index (χ0v) is 13.6. The Morgan fingerprint density at radius 2 is 2.09 bits per heavy atom. The van der Waals surface area contributed by atoms with E-state index < -0.39 is 0 Å². The Morgan fingerprint density at radius 1 is 1.26 bits per heavy atom. The number of hydrogen-bond acceptors (Lipinski definition) is 6. The van der Waals surface area contributed by atoms with Crippen molar-refractivity contribution < 1.29 is 4.52 Å². The minimum atomic E-state index is 0.548. The van der Waals surface area contributed by atoms with Gasteiger partial charge in [0, 0.05) is 50.4 Å². The predicted octanol–water partition coefficient (Wildman–Crippen LogP) is 2.44. The summed E-state index contributed by atoms with van der Waals surface area (Å²) >= 11 is 0. The summed E-state index contributed by atoms with van der Waals surface area (Å²) in [7, 11) is 2.13. The Morgan fingerprint density at radius 3 is 2.78 bits per heavy atom. The largest absolute Gasteiger partial charge is 0.361 e. The van der Waals surface area contributed by atoms with Gasteiger partial charge in [-0.2, -0.15) is 0 Å². The third-order valence-corrected chi connectivity index (χ3v) is 5.05. The lowest BCUT2D eigenvalue weighted by Crippen LogP contribution is -2.43. The number of piperidine rings is 1. The Bertz CT molecular complexity index is 631. The summed E-state index contributed by atoms with van der Waals surface area (Å²) in [5, 5.41) is 4.01. The number of aromatic nitrogens is 3. The molecule has 1 saturated carbocycles. The first kappa shape index (κ1) is 14.6. The number of hydrogen-bond donors (Lipinski definition) is 0. The molecule has 2 aromatic rings. The molecule has 4 rings (SSSR count). The highest BCUT2D eigenvalue weighted by atomic mass is 16.5. The van der Waals surface area contributed by atoms with Crippen molar-refractivity contribution in [3.8, 4) is 0 Å². The lowest BCUT2D eigenvalue weighted by atomic mass is 10.0. The molecule has 3 heterocycles. The molecule has 1 saturated heterocycles. The van der Waals surface area contributed by atoms with Crippen LogP contribution in [0.3, 0.4) is 0 Å². The molecule has 0 atom stereocenters. The quantitative estimate of drug-likeness (QED) is 0.845. The van der Waals surface area contributed by atoms with Gasteiger partial charge in [0.05, 0.1) is 6.20 Å². The first-order valence-corrected chi connectivity index (χ1v) is 8.46. The molecule has 1 aliphatic carbocycles. The molecule has 0 N–H and O–H groups in total. The van der Waals surface area contributed by atoms with E-state index in [1.165, 1.54) is 18.4 Å². The second kappa shape index (κ2) is 6.28. The monoisotopic (exact) mass is 313 g/mol. The van der Waals surface area contributed by atoms with E-state index >= 15 is 0 Å². The van der Waals surface area contributed by atoms with Gasteiger partial charge in [0.15, 0.2) is 0 Å². The third-order valence-electron chi connectivity index (χ3n) is 5.05. The van der Waals surface area contributed by atoms with Gasteiger partial charge < -0.3 is 9.42 Å². The fourth-order valence-electron chi connectivity index (χ4n) is 3.46. The minimum Gasteiger partial charge on any atom is -0.361 e. The van der Waals surface area contributed by atoms with E-state index in [2.05, 4.69) is 32.0 Å². The molecule has 23 heavy (non-hydrogen) atoms. The van der Waals surface area contributed by atoms with Crippen LogP contribution in [-0.2, 0) is 6.54 Å². The molecule has 0 aromatic carbocycles. The van der Waals surface area contributed by atoms with Crippen LogP contribution in [0.25, 0.3) is 0 Å². The van der Waals surface area contributed by atoms with Crippen molar-refractivity contribution in [3.63, 3.8) is 0 Å². The molecule has 2 fully saturated rings. The van der Waals surface area contributed by atoms with E-state index in [1.807, 2.05) is 12.3 Å². The summed E-state index contributed by atoms with van der Waals surface area (Å²) in [6, 6.07) is 2.53. The second-order valence-corrected chi connectivity index (χ2v) is 6.68. The van der Waals surface area contributed by atoms with Gasteiger partial charge in [0.25, 0.3) is 0 Å². The van der Waals surface area contributed by atoms with Crippen LogP contribution in [0.2, 0.25) is 0 Å². The Kier molecular flexibility index (Phi) is 3.99. The van der Waals surface area contributed by atoms with Crippen LogP contribution in [-0.4, -0.2) is 46.2 Å². The van der Waals surface area contributed by atoms with Crippen LogP contribution in [0.4, 0.5) is 5.82 Å². The Labute approximate surface area is 136 Å². The highest BCUT2D eigenvalue weighted by Crippen LogP contribution is 2.41. The average Bonchev–Trinajstić information content (AvgIpc) is 3.35. The Hall–Kier alpha value is -1.95. The summed E-state index contributed by atoms with van der Waals surface area (Å²) < 4.78 is 5.45. The van der Waals surface area contributed by atoms with Crippen molar-refractivity contribution in [1.29, 1.82) is 0 Å². The van der Waals surface area contributed by atoms with Crippen LogP contribution >= 0.6 is 0 Å². The van der Waals surface area contributed by atoms with E-state index in [0.29, 0.717) is 12.0 Å². The van der Waals surface area contributed by atoms with Gasteiger partial charge in [-0.25, -0.2) is 9.97 Å². The van der Waals surface area contributed by atoms with Crippen LogP contribution in [0, 0.1) is 0 Å². The highest BCUT2D eigenvalue weighted by Gasteiger charge is 2.31. The zero-order valence-electron chi connectivity index (χ0n) is 13.6. The fraction of sp³-hybridized carbons (Fsp3) is 0.588.